The van der Waals surface area contributed by atoms with Crippen LogP contribution in [0, 0.1) is 0 Å². The number of aryl methyl sites for hydroxylation is 2. The predicted molar refractivity (Wildman–Crippen MR) is 103 cm³/mol. The summed E-state index contributed by atoms with van der Waals surface area (Å²) < 4.78 is 1.71. The van der Waals surface area contributed by atoms with Crippen molar-refractivity contribution in [2.24, 2.45) is 0 Å². The molecule has 4 rings (SSSR count). The Morgan fingerprint density at radius 1 is 1.27 bits per heavy atom. The molecule has 1 amide bonds. The van der Waals surface area contributed by atoms with E-state index in [2.05, 4.69) is 17.1 Å². The first-order valence-corrected chi connectivity index (χ1v) is 9.80. The molecule has 134 valence electrons. The number of hydrogen-bond donors (Lipinski definition) is 0. The number of fused-ring (bicyclic) bond motifs is 3. The molecule has 0 unspecified atom stereocenters. The fraction of sp³-hybridized carbons (Fsp3) is 0.350. The molecule has 1 aliphatic heterocycles. The smallest absolute Gasteiger partial charge is 0.262 e. The lowest BCUT2D eigenvalue weighted by Gasteiger charge is -2.26. The second-order valence-electron chi connectivity index (χ2n) is 6.58. The fourth-order valence-electron chi connectivity index (χ4n) is 3.51. The highest BCUT2D eigenvalue weighted by atomic mass is 32.1. The second-order valence-corrected chi connectivity index (χ2v) is 7.67. The molecule has 1 aromatic carbocycles. The third kappa shape index (κ3) is 3.05. The molecule has 0 spiro atoms. The van der Waals surface area contributed by atoms with Gasteiger partial charge in [0.15, 0.2) is 0 Å². The molecule has 0 saturated carbocycles. The van der Waals surface area contributed by atoms with Gasteiger partial charge in [0.2, 0.25) is 5.91 Å². The van der Waals surface area contributed by atoms with Crippen molar-refractivity contribution in [2.45, 2.75) is 39.3 Å². The SMILES string of the molecule is CCC(=O)N1CCc2c(sc3ncn(CCc4ccccc4)c(=O)c23)C1. The molecule has 6 heteroatoms. The van der Waals surface area contributed by atoms with Crippen LogP contribution < -0.4 is 5.56 Å². The molecule has 0 N–H and O–H groups in total. The van der Waals surface area contributed by atoms with E-state index in [1.54, 1.807) is 22.2 Å². The van der Waals surface area contributed by atoms with E-state index >= 15 is 0 Å². The van der Waals surface area contributed by atoms with Crippen LogP contribution in [-0.2, 0) is 30.7 Å². The Hall–Kier alpha value is -2.47. The van der Waals surface area contributed by atoms with Crippen LogP contribution in [0.25, 0.3) is 10.2 Å². The largest absolute Gasteiger partial charge is 0.337 e. The van der Waals surface area contributed by atoms with Gasteiger partial charge in [-0.25, -0.2) is 4.98 Å². The normalized spacial score (nSPS) is 13.8. The van der Waals surface area contributed by atoms with E-state index in [1.165, 1.54) is 5.56 Å². The van der Waals surface area contributed by atoms with E-state index in [0.29, 0.717) is 26.1 Å². The molecule has 0 fully saturated rings. The van der Waals surface area contributed by atoms with E-state index in [-0.39, 0.29) is 11.5 Å². The minimum atomic E-state index is 0.0405. The van der Waals surface area contributed by atoms with Gasteiger partial charge in [-0.05, 0) is 24.0 Å². The van der Waals surface area contributed by atoms with Crippen LogP contribution in [0.5, 0.6) is 0 Å². The Kier molecular flexibility index (Phi) is 4.59. The molecule has 5 nitrogen and oxygen atoms in total. The molecule has 0 radical (unpaired) electrons. The number of benzene rings is 1. The lowest BCUT2D eigenvalue weighted by molar-refractivity contribution is -0.131. The summed E-state index contributed by atoms with van der Waals surface area (Å²) in [5.74, 6) is 0.168. The van der Waals surface area contributed by atoms with Crippen LogP contribution in [0.1, 0.15) is 29.3 Å². The number of thiophene rings is 1. The summed E-state index contributed by atoms with van der Waals surface area (Å²) in [6.07, 6.45) is 3.72. The first-order valence-electron chi connectivity index (χ1n) is 8.98. The zero-order chi connectivity index (χ0) is 18.1. The number of carbonyl (C=O) groups is 1. The number of rotatable bonds is 4. The first kappa shape index (κ1) is 17.0. The van der Waals surface area contributed by atoms with Crippen LogP contribution in [0.3, 0.4) is 0 Å². The Balaban J connectivity index is 1.64. The van der Waals surface area contributed by atoms with E-state index < -0.39 is 0 Å². The standard InChI is InChI=1S/C20H21N3O2S/c1-2-17(24)22-11-9-15-16(12-22)26-19-18(15)20(25)23(13-21-19)10-8-14-6-4-3-5-7-14/h3-7,13H,2,8-12H2,1H3. The zero-order valence-electron chi connectivity index (χ0n) is 14.8. The molecular weight excluding hydrogens is 346 g/mol. The summed E-state index contributed by atoms with van der Waals surface area (Å²) in [6, 6.07) is 10.2. The average Bonchev–Trinajstić information content (AvgIpc) is 3.06. The van der Waals surface area contributed by atoms with Gasteiger partial charge in [-0.1, -0.05) is 37.3 Å². The van der Waals surface area contributed by atoms with Crippen LogP contribution in [0.15, 0.2) is 41.5 Å². The van der Waals surface area contributed by atoms with Gasteiger partial charge >= 0.3 is 0 Å². The third-order valence-electron chi connectivity index (χ3n) is 4.97. The monoisotopic (exact) mass is 367 g/mol. The Morgan fingerprint density at radius 3 is 2.85 bits per heavy atom. The highest BCUT2D eigenvalue weighted by molar-refractivity contribution is 7.18. The summed E-state index contributed by atoms with van der Waals surface area (Å²) in [7, 11) is 0. The quantitative estimate of drug-likeness (QED) is 0.712. The molecule has 3 heterocycles. The Labute approximate surface area is 155 Å². The molecule has 1 aliphatic rings. The molecule has 3 aromatic rings. The van der Waals surface area contributed by atoms with Crippen molar-refractivity contribution in [3.05, 3.63) is 63.0 Å². The predicted octanol–water partition coefficient (Wildman–Crippen LogP) is 3.00. The van der Waals surface area contributed by atoms with Crippen molar-refractivity contribution >= 4 is 27.5 Å². The summed E-state index contributed by atoms with van der Waals surface area (Å²) in [5, 5.41) is 0.754. The maximum atomic E-state index is 13.0. The van der Waals surface area contributed by atoms with Crippen molar-refractivity contribution in [2.75, 3.05) is 6.54 Å². The van der Waals surface area contributed by atoms with Gasteiger partial charge in [-0.2, -0.15) is 0 Å². The number of hydrogen-bond acceptors (Lipinski definition) is 4. The second kappa shape index (κ2) is 7.03. The van der Waals surface area contributed by atoms with Crippen LogP contribution in [0.4, 0.5) is 0 Å². The van der Waals surface area contributed by atoms with Crippen molar-refractivity contribution in [1.82, 2.24) is 14.5 Å². The minimum Gasteiger partial charge on any atom is -0.337 e. The number of aromatic nitrogens is 2. The van der Waals surface area contributed by atoms with Crippen molar-refractivity contribution in [1.29, 1.82) is 0 Å². The van der Waals surface area contributed by atoms with Gasteiger partial charge in [-0.3, -0.25) is 14.2 Å². The van der Waals surface area contributed by atoms with Crippen molar-refractivity contribution in [3.63, 3.8) is 0 Å². The summed E-state index contributed by atoms with van der Waals surface area (Å²) in [4.78, 5) is 33.3. The van der Waals surface area contributed by atoms with Gasteiger partial charge in [0.1, 0.15) is 4.83 Å². The van der Waals surface area contributed by atoms with Crippen molar-refractivity contribution < 1.29 is 4.79 Å². The summed E-state index contributed by atoms with van der Waals surface area (Å²) in [6.45, 7) is 3.79. The van der Waals surface area contributed by atoms with E-state index in [4.69, 9.17) is 0 Å². The van der Waals surface area contributed by atoms with Crippen LogP contribution in [-0.4, -0.2) is 26.9 Å². The molecular formula is C20H21N3O2S. The highest BCUT2D eigenvalue weighted by Gasteiger charge is 2.25. The van der Waals surface area contributed by atoms with Gasteiger partial charge in [0.05, 0.1) is 18.3 Å². The molecule has 2 aromatic heterocycles. The summed E-state index contributed by atoms with van der Waals surface area (Å²) >= 11 is 1.55. The highest BCUT2D eigenvalue weighted by Crippen LogP contribution is 2.32. The van der Waals surface area contributed by atoms with Gasteiger partial charge in [-0.15, -0.1) is 11.3 Å². The summed E-state index contributed by atoms with van der Waals surface area (Å²) in [5.41, 5.74) is 2.34. The lowest BCUT2D eigenvalue weighted by Crippen LogP contribution is -2.35. The number of carbonyl (C=O) groups excluding carboxylic acids is 1. The van der Waals surface area contributed by atoms with Gasteiger partial charge in [0.25, 0.3) is 5.56 Å². The minimum absolute atomic E-state index is 0.0405. The fourth-order valence-corrected chi connectivity index (χ4v) is 4.70. The molecule has 0 saturated heterocycles. The number of nitrogens with zero attached hydrogens (tertiary/aromatic N) is 3. The first-order chi connectivity index (χ1) is 12.7. The number of amides is 1. The maximum absolute atomic E-state index is 13.0. The Bertz CT molecular complexity index is 1010. The lowest BCUT2D eigenvalue weighted by atomic mass is 10.1. The average molecular weight is 367 g/mol. The molecule has 26 heavy (non-hydrogen) atoms. The molecule has 0 atom stereocenters. The Morgan fingerprint density at radius 2 is 2.08 bits per heavy atom. The van der Waals surface area contributed by atoms with Gasteiger partial charge in [0, 0.05) is 24.4 Å². The van der Waals surface area contributed by atoms with Gasteiger partial charge < -0.3 is 4.90 Å². The molecule has 0 bridgehead atoms. The van der Waals surface area contributed by atoms with Crippen LogP contribution in [0.2, 0.25) is 0 Å². The third-order valence-corrected chi connectivity index (χ3v) is 6.09. The molecule has 0 aliphatic carbocycles. The van der Waals surface area contributed by atoms with E-state index in [1.807, 2.05) is 30.0 Å². The van der Waals surface area contributed by atoms with E-state index in [0.717, 1.165) is 33.5 Å². The van der Waals surface area contributed by atoms with Crippen LogP contribution >= 0.6 is 11.3 Å². The maximum Gasteiger partial charge on any atom is 0.262 e. The van der Waals surface area contributed by atoms with E-state index in [9.17, 15) is 9.59 Å². The van der Waals surface area contributed by atoms with Crippen molar-refractivity contribution in [3.8, 4) is 0 Å². The zero-order valence-corrected chi connectivity index (χ0v) is 15.6. The topological polar surface area (TPSA) is 55.2 Å².